The number of halogens is 1. The number of fused-ring (bicyclic) bond motifs is 2. The van der Waals surface area contributed by atoms with E-state index in [2.05, 4.69) is 16.0 Å². The Bertz CT molecular complexity index is 1140. The lowest BCUT2D eigenvalue weighted by Crippen LogP contribution is -1.84. The largest absolute Gasteiger partial charge is 0.350 e. The molecule has 0 spiro atoms. The van der Waals surface area contributed by atoms with Crippen molar-refractivity contribution in [2.75, 3.05) is 0 Å². The zero-order chi connectivity index (χ0) is 16.7. The van der Waals surface area contributed by atoms with Crippen LogP contribution in [0.25, 0.3) is 33.6 Å². The number of para-hydroxylation sites is 1. The standard InChI is InChI=1S/C19H13FN4/c1-24-11-13(15-4-2-3-5-18(15)24)8-12(10-21)19-22-16-7-6-14(20)9-17(16)23-19/h2-9,11H,1H3,(H,22,23)/b12-8-. The van der Waals surface area contributed by atoms with Gasteiger partial charge in [0, 0.05) is 29.7 Å². The number of imidazole rings is 1. The molecule has 4 nitrogen and oxygen atoms in total. The minimum atomic E-state index is -0.339. The van der Waals surface area contributed by atoms with Crippen LogP contribution in [0.5, 0.6) is 0 Å². The fraction of sp³-hybridized carbons (Fsp3) is 0.0526. The molecule has 0 aliphatic heterocycles. The molecule has 116 valence electrons. The Hall–Kier alpha value is -3.39. The highest BCUT2D eigenvalue weighted by Crippen LogP contribution is 2.25. The summed E-state index contributed by atoms with van der Waals surface area (Å²) < 4.78 is 15.3. The molecule has 0 bridgehead atoms. The van der Waals surface area contributed by atoms with E-state index in [1.54, 1.807) is 12.1 Å². The summed E-state index contributed by atoms with van der Waals surface area (Å²) in [4.78, 5) is 7.40. The number of hydrogen-bond donors (Lipinski definition) is 1. The van der Waals surface area contributed by atoms with Gasteiger partial charge in [-0.1, -0.05) is 18.2 Å². The first-order valence-corrected chi connectivity index (χ1v) is 7.47. The number of aromatic amines is 1. The maximum atomic E-state index is 13.3. The monoisotopic (exact) mass is 316 g/mol. The fourth-order valence-electron chi connectivity index (χ4n) is 2.91. The highest BCUT2D eigenvalue weighted by Gasteiger charge is 2.11. The summed E-state index contributed by atoms with van der Waals surface area (Å²) in [5, 5.41) is 10.6. The van der Waals surface area contributed by atoms with Gasteiger partial charge in [-0.25, -0.2) is 9.37 Å². The van der Waals surface area contributed by atoms with E-state index in [1.165, 1.54) is 12.1 Å². The highest BCUT2D eigenvalue weighted by molar-refractivity contribution is 5.97. The van der Waals surface area contributed by atoms with Crippen LogP contribution in [0.15, 0.2) is 48.7 Å². The maximum Gasteiger partial charge on any atom is 0.149 e. The lowest BCUT2D eigenvalue weighted by Gasteiger charge is -1.94. The molecular formula is C19H13FN4. The number of aryl methyl sites for hydroxylation is 1. The van der Waals surface area contributed by atoms with Gasteiger partial charge in [0.1, 0.15) is 17.7 Å². The van der Waals surface area contributed by atoms with Crippen molar-refractivity contribution in [2.45, 2.75) is 0 Å². The fourth-order valence-corrected chi connectivity index (χ4v) is 2.91. The van der Waals surface area contributed by atoms with Crippen LogP contribution >= 0.6 is 0 Å². The van der Waals surface area contributed by atoms with E-state index in [0.29, 0.717) is 22.4 Å². The van der Waals surface area contributed by atoms with E-state index < -0.39 is 0 Å². The first-order valence-electron chi connectivity index (χ1n) is 7.47. The molecule has 0 radical (unpaired) electrons. The number of nitrogens with one attached hydrogen (secondary N) is 1. The van der Waals surface area contributed by atoms with Gasteiger partial charge in [-0.2, -0.15) is 5.26 Å². The second-order valence-corrected chi connectivity index (χ2v) is 5.63. The van der Waals surface area contributed by atoms with E-state index in [0.717, 1.165) is 16.5 Å². The first-order chi connectivity index (χ1) is 11.7. The summed E-state index contributed by atoms with van der Waals surface area (Å²) in [7, 11) is 1.97. The van der Waals surface area contributed by atoms with Crippen LogP contribution < -0.4 is 0 Å². The maximum absolute atomic E-state index is 13.3. The van der Waals surface area contributed by atoms with Gasteiger partial charge in [0.15, 0.2) is 0 Å². The number of nitrogens with zero attached hydrogens (tertiary/aromatic N) is 3. The molecule has 0 aliphatic rings. The first kappa shape index (κ1) is 14.2. The second-order valence-electron chi connectivity index (χ2n) is 5.63. The van der Waals surface area contributed by atoms with Crippen LogP contribution in [0.1, 0.15) is 11.4 Å². The summed E-state index contributed by atoms with van der Waals surface area (Å²) in [5.41, 5.74) is 3.64. The lowest BCUT2D eigenvalue weighted by molar-refractivity contribution is 0.629. The van der Waals surface area contributed by atoms with Gasteiger partial charge in [-0.05, 0) is 30.3 Å². The Morgan fingerprint density at radius 2 is 2.12 bits per heavy atom. The molecule has 0 aliphatic carbocycles. The topological polar surface area (TPSA) is 57.4 Å². The van der Waals surface area contributed by atoms with Crippen molar-refractivity contribution in [2.24, 2.45) is 7.05 Å². The molecule has 0 atom stereocenters. The lowest BCUT2D eigenvalue weighted by atomic mass is 10.1. The van der Waals surface area contributed by atoms with Crippen molar-refractivity contribution in [3.8, 4) is 6.07 Å². The Morgan fingerprint density at radius 1 is 1.29 bits per heavy atom. The molecular weight excluding hydrogens is 303 g/mol. The molecule has 0 saturated carbocycles. The third-order valence-corrected chi connectivity index (χ3v) is 4.05. The third-order valence-electron chi connectivity index (χ3n) is 4.05. The molecule has 0 amide bonds. The van der Waals surface area contributed by atoms with Gasteiger partial charge in [-0.15, -0.1) is 0 Å². The minimum absolute atomic E-state index is 0.339. The van der Waals surface area contributed by atoms with Gasteiger partial charge in [0.05, 0.1) is 16.6 Å². The van der Waals surface area contributed by atoms with Gasteiger partial charge >= 0.3 is 0 Å². The Labute approximate surface area is 137 Å². The molecule has 2 heterocycles. The predicted octanol–water partition coefficient (Wildman–Crippen LogP) is 4.26. The van der Waals surface area contributed by atoms with Crippen LogP contribution in [0.2, 0.25) is 0 Å². The normalized spacial score (nSPS) is 12.0. The number of H-pyrrole nitrogens is 1. The SMILES string of the molecule is Cn1cc(/C=C(/C#N)c2nc3ccc(F)cc3[nH]2)c2ccccc21. The van der Waals surface area contributed by atoms with Crippen molar-refractivity contribution in [1.29, 1.82) is 5.26 Å². The van der Waals surface area contributed by atoms with Crippen molar-refractivity contribution in [1.82, 2.24) is 14.5 Å². The van der Waals surface area contributed by atoms with Crippen LogP contribution in [0.4, 0.5) is 4.39 Å². The molecule has 4 aromatic rings. The minimum Gasteiger partial charge on any atom is -0.350 e. The highest BCUT2D eigenvalue weighted by atomic mass is 19.1. The summed E-state index contributed by atoms with van der Waals surface area (Å²) in [6.07, 6.45) is 3.78. The van der Waals surface area contributed by atoms with E-state index in [9.17, 15) is 9.65 Å². The number of rotatable bonds is 2. The van der Waals surface area contributed by atoms with Crippen LogP contribution in [-0.4, -0.2) is 14.5 Å². The van der Waals surface area contributed by atoms with Crippen LogP contribution in [0, 0.1) is 17.1 Å². The van der Waals surface area contributed by atoms with Crippen molar-refractivity contribution in [3.05, 3.63) is 65.9 Å². The van der Waals surface area contributed by atoms with Crippen LogP contribution in [0.3, 0.4) is 0 Å². The van der Waals surface area contributed by atoms with Crippen LogP contribution in [-0.2, 0) is 7.05 Å². The molecule has 4 rings (SSSR count). The van der Waals surface area contributed by atoms with Gasteiger partial charge in [0.2, 0.25) is 0 Å². The Morgan fingerprint density at radius 3 is 2.96 bits per heavy atom. The van der Waals surface area contributed by atoms with Crippen molar-refractivity contribution >= 4 is 33.6 Å². The number of benzene rings is 2. The van der Waals surface area contributed by atoms with Gasteiger partial charge in [0.25, 0.3) is 0 Å². The van der Waals surface area contributed by atoms with Gasteiger partial charge in [-0.3, -0.25) is 0 Å². The van der Waals surface area contributed by atoms with E-state index in [4.69, 9.17) is 0 Å². The Balaban J connectivity index is 1.87. The van der Waals surface area contributed by atoms with Crippen molar-refractivity contribution < 1.29 is 4.39 Å². The summed E-state index contributed by atoms with van der Waals surface area (Å²) >= 11 is 0. The molecule has 0 fully saturated rings. The molecule has 0 unspecified atom stereocenters. The number of allylic oxidation sites excluding steroid dienone is 1. The van der Waals surface area contributed by atoms with Gasteiger partial charge < -0.3 is 9.55 Å². The van der Waals surface area contributed by atoms with E-state index in [1.807, 2.05) is 42.1 Å². The zero-order valence-electron chi connectivity index (χ0n) is 12.9. The van der Waals surface area contributed by atoms with E-state index >= 15 is 0 Å². The predicted molar refractivity (Wildman–Crippen MR) is 92.5 cm³/mol. The van der Waals surface area contributed by atoms with Crippen molar-refractivity contribution in [3.63, 3.8) is 0 Å². The smallest absolute Gasteiger partial charge is 0.149 e. The molecule has 2 aromatic carbocycles. The average molecular weight is 316 g/mol. The molecule has 2 aromatic heterocycles. The Kier molecular flexibility index (Phi) is 3.17. The summed E-state index contributed by atoms with van der Waals surface area (Å²) in [5.74, 6) is 0.0975. The molecule has 0 saturated heterocycles. The zero-order valence-corrected chi connectivity index (χ0v) is 12.9. The molecule has 5 heteroatoms. The molecule has 1 N–H and O–H groups in total. The average Bonchev–Trinajstić information content (AvgIpc) is 3.14. The second kappa shape index (κ2) is 5.36. The summed E-state index contributed by atoms with van der Waals surface area (Å²) in [6, 6.07) is 14.5. The quantitative estimate of drug-likeness (QED) is 0.562. The number of nitriles is 1. The van der Waals surface area contributed by atoms with E-state index in [-0.39, 0.29) is 5.82 Å². The number of hydrogen-bond acceptors (Lipinski definition) is 2. The molecule has 24 heavy (non-hydrogen) atoms. The summed E-state index contributed by atoms with van der Waals surface area (Å²) in [6.45, 7) is 0. The third kappa shape index (κ3) is 2.25. The number of aromatic nitrogens is 3.